The normalized spacial score (nSPS) is 10.2. The monoisotopic (exact) mass is 257 g/mol. The fourth-order valence-corrected chi connectivity index (χ4v) is 1.57. The van der Waals surface area contributed by atoms with Crippen LogP contribution in [0.25, 0.3) is 0 Å². The van der Waals surface area contributed by atoms with Gasteiger partial charge >= 0.3 is 0 Å². The zero-order valence-electron chi connectivity index (χ0n) is 8.60. The molecule has 1 aromatic rings. The SMILES string of the molecule is CCCCNc1ncc(N)c(C)c1Br. The Balaban J connectivity index is 2.73. The van der Waals surface area contributed by atoms with Gasteiger partial charge in [0, 0.05) is 6.54 Å². The molecule has 0 aliphatic heterocycles. The second-order valence-corrected chi connectivity index (χ2v) is 4.07. The highest BCUT2D eigenvalue weighted by atomic mass is 79.9. The fourth-order valence-electron chi connectivity index (χ4n) is 1.10. The van der Waals surface area contributed by atoms with Crippen molar-refractivity contribution in [1.29, 1.82) is 0 Å². The Bertz CT molecular complexity index is 312. The average Bonchev–Trinajstić information content (AvgIpc) is 2.18. The van der Waals surface area contributed by atoms with Gasteiger partial charge in [0.15, 0.2) is 0 Å². The molecule has 1 rings (SSSR count). The molecule has 0 unspecified atom stereocenters. The van der Waals surface area contributed by atoms with E-state index in [-0.39, 0.29) is 0 Å². The Hall–Kier alpha value is -0.770. The summed E-state index contributed by atoms with van der Waals surface area (Å²) < 4.78 is 0.966. The van der Waals surface area contributed by atoms with Gasteiger partial charge in [0.25, 0.3) is 0 Å². The summed E-state index contributed by atoms with van der Waals surface area (Å²) >= 11 is 3.48. The van der Waals surface area contributed by atoms with Gasteiger partial charge in [-0.3, -0.25) is 0 Å². The number of unbranched alkanes of at least 4 members (excludes halogenated alkanes) is 1. The molecule has 14 heavy (non-hydrogen) atoms. The van der Waals surface area contributed by atoms with Gasteiger partial charge in [-0.25, -0.2) is 4.98 Å². The number of hydrogen-bond acceptors (Lipinski definition) is 3. The molecule has 0 atom stereocenters. The van der Waals surface area contributed by atoms with Gasteiger partial charge < -0.3 is 11.1 Å². The lowest BCUT2D eigenvalue weighted by Gasteiger charge is -2.10. The second kappa shape index (κ2) is 5.20. The van der Waals surface area contributed by atoms with E-state index in [4.69, 9.17) is 5.73 Å². The van der Waals surface area contributed by atoms with Crippen molar-refractivity contribution in [3.05, 3.63) is 16.2 Å². The Morgan fingerprint density at radius 1 is 1.57 bits per heavy atom. The summed E-state index contributed by atoms with van der Waals surface area (Å²) in [6.45, 7) is 5.09. The third-order valence-corrected chi connectivity index (χ3v) is 3.10. The van der Waals surface area contributed by atoms with Gasteiger partial charge in [0.1, 0.15) is 5.82 Å². The first-order chi connectivity index (χ1) is 6.66. The summed E-state index contributed by atoms with van der Waals surface area (Å²) in [5.41, 5.74) is 7.49. The highest BCUT2D eigenvalue weighted by molar-refractivity contribution is 9.10. The number of anilines is 2. The minimum Gasteiger partial charge on any atom is -0.397 e. The maximum atomic E-state index is 5.72. The van der Waals surface area contributed by atoms with Crippen molar-refractivity contribution in [1.82, 2.24) is 4.98 Å². The third kappa shape index (κ3) is 2.61. The predicted octanol–water partition coefficient (Wildman–Crippen LogP) is 2.95. The Labute approximate surface area is 93.2 Å². The molecule has 0 bridgehead atoms. The Morgan fingerprint density at radius 3 is 2.93 bits per heavy atom. The van der Waals surface area contributed by atoms with Crippen LogP contribution in [0.2, 0.25) is 0 Å². The average molecular weight is 258 g/mol. The number of nitrogens with zero attached hydrogens (tertiary/aromatic N) is 1. The minimum absolute atomic E-state index is 0.720. The van der Waals surface area contributed by atoms with Crippen LogP contribution in [0.3, 0.4) is 0 Å². The first kappa shape index (κ1) is 11.3. The quantitative estimate of drug-likeness (QED) is 0.816. The summed E-state index contributed by atoms with van der Waals surface area (Å²) in [6.07, 6.45) is 4.02. The molecular weight excluding hydrogens is 242 g/mol. The van der Waals surface area contributed by atoms with Crippen LogP contribution in [0.5, 0.6) is 0 Å². The van der Waals surface area contributed by atoms with Gasteiger partial charge in [-0.2, -0.15) is 0 Å². The lowest BCUT2D eigenvalue weighted by atomic mass is 10.2. The van der Waals surface area contributed by atoms with Crippen LogP contribution in [0.1, 0.15) is 25.3 Å². The lowest BCUT2D eigenvalue weighted by molar-refractivity contribution is 0.830. The summed E-state index contributed by atoms with van der Waals surface area (Å²) in [4.78, 5) is 4.23. The zero-order chi connectivity index (χ0) is 10.6. The molecule has 0 fully saturated rings. The number of rotatable bonds is 4. The largest absolute Gasteiger partial charge is 0.397 e. The van der Waals surface area contributed by atoms with Gasteiger partial charge in [-0.1, -0.05) is 13.3 Å². The zero-order valence-corrected chi connectivity index (χ0v) is 10.2. The number of pyridine rings is 1. The first-order valence-corrected chi connectivity index (χ1v) is 5.60. The summed E-state index contributed by atoms with van der Waals surface area (Å²) in [7, 11) is 0. The molecule has 0 radical (unpaired) electrons. The van der Waals surface area contributed by atoms with E-state index < -0.39 is 0 Å². The van der Waals surface area contributed by atoms with Crippen molar-refractivity contribution < 1.29 is 0 Å². The van der Waals surface area contributed by atoms with Gasteiger partial charge in [-0.15, -0.1) is 0 Å². The fraction of sp³-hybridized carbons (Fsp3) is 0.500. The van der Waals surface area contributed by atoms with Crippen LogP contribution >= 0.6 is 15.9 Å². The van der Waals surface area contributed by atoms with E-state index in [1.54, 1.807) is 6.20 Å². The molecule has 1 aromatic heterocycles. The number of nitrogens with one attached hydrogen (secondary N) is 1. The molecule has 78 valence electrons. The van der Waals surface area contributed by atoms with Crippen molar-refractivity contribution in [3.63, 3.8) is 0 Å². The van der Waals surface area contributed by atoms with Crippen molar-refractivity contribution in [2.75, 3.05) is 17.6 Å². The number of halogens is 1. The number of hydrogen-bond donors (Lipinski definition) is 2. The number of nitrogen functional groups attached to an aromatic ring is 1. The number of nitrogens with two attached hydrogens (primary N) is 1. The third-order valence-electron chi connectivity index (χ3n) is 2.13. The van der Waals surface area contributed by atoms with E-state index in [0.29, 0.717) is 0 Å². The van der Waals surface area contributed by atoms with Crippen LogP contribution in [0.15, 0.2) is 10.7 Å². The second-order valence-electron chi connectivity index (χ2n) is 3.28. The molecule has 0 saturated heterocycles. The Morgan fingerprint density at radius 2 is 2.29 bits per heavy atom. The highest BCUT2D eigenvalue weighted by Gasteiger charge is 2.05. The van der Waals surface area contributed by atoms with Gasteiger partial charge in [-0.05, 0) is 34.8 Å². The lowest BCUT2D eigenvalue weighted by Crippen LogP contribution is -2.05. The Kier molecular flexibility index (Phi) is 4.20. The van der Waals surface area contributed by atoms with Gasteiger partial charge in [0.05, 0.1) is 16.4 Å². The van der Waals surface area contributed by atoms with E-state index in [1.807, 2.05) is 6.92 Å². The minimum atomic E-state index is 0.720. The highest BCUT2D eigenvalue weighted by Crippen LogP contribution is 2.27. The van der Waals surface area contributed by atoms with E-state index in [1.165, 1.54) is 6.42 Å². The molecule has 0 saturated carbocycles. The summed E-state index contributed by atoms with van der Waals surface area (Å²) in [5.74, 6) is 0.880. The van der Waals surface area contributed by atoms with Crippen molar-refractivity contribution in [2.45, 2.75) is 26.7 Å². The molecule has 3 N–H and O–H groups in total. The van der Waals surface area contributed by atoms with E-state index in [0.717, 1.165) is 34.5 Å². The molecule has 1 heterocycles. The maximum absolute atomic E-state index is 5.72. The van der Waals surface area contributed by atoms with Crippen molar-refractivity contribution in [2.24, 2.45) is 0 Å². The van der Waals surface area contributed by atoms with Crippen LogP contribution in [-0.4, -0.2) is 11.5 Å². The molecular formula is C10H16BrN3. The topological polar surface area (TPSA) is 50.9 Å². The van der Waals surface area contributed by atoms with E-state index >= 15 is 0 Å². The molecule has 4 heteroatoms. The van der Waals surface area contributed by atoms with Crippen molar-refractivity contribution >= 4 is 27.4 Å². The predicted molar refractivity (Wildman–Crippen MR) is 64.5 cm³/mol. The van der Waals surface area contributed by atoms with Crippen LogP contribution < -0.4 is 11.1 Å². The molecule has 0 spiro atoms. The maximum Gasteiger partial charge on any atom is 0.140 e. The molecule has 0 aliphatic rings. The van der Waals surface area contributed by atoms with Crippen molar-refractivity contribution in [3.8, 4) is 0 Å². The molecule has 3 nitrogen and oxygen atoms in total. The smallest absolute Gasteiger partial charge is 0.140 e. The van der Waals surface area contributed by atoms with Crippen LogP contribution in [0, 0.1) is 6.92 Å². The molecule has 0 amide bonds. The van der Waals surface area contributed by atoms with E-state index in [2.05, 4.69) is 33.2 Å². The number of aromatic nitrogens is 1. The first-order valence-electron chi connectivity index (χ1n) is 4.81. The molecule has 0 aromatic carbocycles. The van der Waals surface area contributed by atoms with Crippen LogP contribution in [-0.2, 0) is 0 Å². The van der Waals surface area contributed by atoms with Gasteiger partial charge in [0.2, 0.25) is 0 Å². The standard InChI is InChI=1S/C10H16BrN3/c1-3-4-5-13-10-9(11)7(2)8(12)6-14-10/h6H,3-5,12H2,1-2H3,(H,13,14). The van der Waals surface area contributed by atoms with Crippen LogP contribution in [0.4, 0.5) is 11.5 Å². The van der Waals surface area contributed by atoms with E-state index in [9.17, 15) is 0 Å². The summed E-state index contributed by atoms with van der Waals surface area (Å²) in [5, 5.41) is 3.27. The molecule has 0 aliphatic carbocycles. The summed E-state index contributed by atoms with van der Waals surface area (Å²) in [6, 6.07) is 0.